The number of hydrogen-bond acceptors (Lipinski definition) is 5. The number of aromatic hydroxyl groups is 1. The first-order chi connectivity index (χ1) is 7.99. The monoisotopic (exact) mass is 232 g/mol. The standard InChI is InChI=1S/C12H12N2O3/c1-8-7-11(16)12(2,17-8)14-13-9-3-5-10(15)6-4-9/h3-7,15H,1-2H3. The molecule has 0 fully saturated rings. The summed E-state index contributed by atoms with van der Waals surface area (Å²) in [4.78, 5) is 11.6. The average Bonchev–Trinajstić information content (AvgIpc) is 2.52. The molecule has 2 rings (SSSR count). The molecule has 5 nitrogen and oxygen atoms in total. The summed E-state index contributed by atoms with van der Waals surface area (Å²) in [6.45, 7) is 3.26. The van der Waals surface area contributed by atoms with E-state index >= 15 is 0 Å². The van der Waals surface area contributed by atoms with Crippen molar-refractivity contribution in [2.45, 2.75) is 19.6 Å². The van der Waals surface area contributed by atoms with Crippen LogP contribution in [0.15, 0.2) is 46.3 Å². The predicted octanol–water partition coefficient (Wildman–Crippen LogP) is 2.70. The smallest absolute Gasteiger partial charge is 0.278 e. The Morgan fingerprint density at radius 2 is 1.94 bits per heavy atom. The van der Waals surface area contributed by atoms with Gasteiger partial charge in [0.2, 0.25) is 5.78 Å². The lowest BCUT2D eigenvalue weighted by Gasteiger charge is -2.16. The number of azo groups is 1. The average molecular weight is 232 g/mol. The number of carbonyl (C=O) groups is 1. The number of ketones is 1. The minimum atomic E-state index is -1.26. The molecule has 0 aromatic heterocycles. The van der Waals surface area contributed by atoms with Crippen LogP contribution in [0.5, 0.6) is 5.75 Å². The number of carbonyl (C=O) groups excluding carboxylic acids is 1. The molecule has 17 heavy (non-hydrogen) atoms. The fourth-order valence-electron chi connectivity index (χ4n) is 1.45. The Bertz CT molecular complexity index is 505. The van der Waals surface area contributed by atoms with Gasteiger partial charge in [-0.3, -0.25) is 4.79 Å². The molecule has 0 aliphatic carbocycles. The van der Waals surface area contributed by atoms with Gasteiger partial charge in [-0.2, -0.15) is 5.11 Å². The van der Waals surface area contributed by atoms with Gasteiger partial charge in [-0.25, -0.2) is 0 Å². The van der Waals surface area contributed by atoms with E-state index in [0.29, 0.717) is 11.4 Å². The Kier molecular flexibility index (Phi) is 2.67. The van der Waals surface area contributed by atoms with E-state index in [1.807, 2.05) is 0 Å². The van der Waals surface area contributed by atoms with Crippen LogP contribution >= 0.6 is 0 Å². The van der Waals surface area contributed by atoms with Gasteiger partial charge in [0.15, 0.2) is 0 Å². The number of nitrogens with zero attached hydrogens (tertiary/aromatic N) is 2. The van der Waals surface area contributed by atoms with E-state index in [1.54, 1.807) is 26.0 Å². The Morgan fingerprint density at radius 3 is 2.47 bits per heavy atom. The summed E-state index contributed by atoms with van der Waals surface area (Å²) in [7, 11) is 0. The topological polar surface area (TPSA) is 71.2 Å². The zero-order valence-corrected chi connectivity index (χ0v) is 9.54. The number of allylic oxidation sites excluding steroid dienone is 1. The molecular formula is C12H12N2O3. The molecule has 0 bridgehead atoms. The van der Waals surface area contributed by atoms with E-state index in [2.05, 4.69) is 10.2 Å². The van der Waals surface area contributed by atoms with Crippen molar-refractivity contribution >= 4 is 11.5 Å². The summed E-state index contributed by atoms with van der Waals surface area (Å²) >= 11 is 0. The number of phenols is 1. The Balaban J connectivity index is 2.16. The van der Waals surface area contributed by atoms with Crippen molar-refractivity contribution < 1.29 is 14.6 Å². The van der Waals surface area contributed by atoms with Gasteiger partial charge in [0.25, 0.3) is 5.72 Å². The lowest BCUT2D eigenvalue weighted by molar-refractivity contribution is -0.128. The largest absolute Gasteiger partial charge is 0.508 e. The summed E-state index contributed by atoms with van der Waals surface area (Å²) in [5, 5.41) is 16.9. The third-order valence-corrected chi connectivity index (χ3v) is 2.36. The molecule has 1 aromatic rings. The molecule has 0 saturated carbocycles. The highest BCUT2D eigenvalue weighted by atomic mass is 16.5. The molecule has 0 saturated heterocycles. The molecule has 1 heterocycles. The third kappa shape index (κ3) is 2.33. The molecule has 0 amide bonds. The molecule has 1 N–H and O–H groups in total. The maximum absolute atomic E-state index is 11.6. The molecule has 1 aliphatic rings. The summed E-state index contributed by atoms with van der Waals surface area (Å²) in [6.07, 6.45) is 1.40. The van der Waals surface area contributed by atoms with Crippen LogP contribution in [0.25, 0.3) is 0 Å². The molecule has 1 aliphatic heterocycles. The number of ether oxygens (including phenoxy) is 1. The molecule has 1 unspecified atom stereocenters. The van der Waals surface area contributed by atoms with Crippen LogP contribution in [0.2, 0.25) is 0 Å². The Hall–Kier alpha value is -2.17. The lowest BCUT2D eigenvalue weighted by atomic mass is 10.2. The van der Waals surface area contributed by atoms with E-state index in [1.165, 1.54) is 18.2 Å². The van der Waals surface area contributed by atoms with Crippen LogP contribution in [0.4, 0.5) is 5.69 Å². The molecule has 0 spiro atoms. The zero-order valence-electron chi connectivity index (χ0n) is 9.54. The molecule has 0 radical (unpaired) electrons. The van der Waals surface area contributed by atoms with E-state index in [4.69, 9.17) is 9.84 Å². The Labute approximate surface area is 98.4 Å². The summed E-state index contributed by atoms with van der Waals surface area (Å²) in [6, 6.07) is 6.19. The minimum absolute atomic E-state index is 0.154. The fraction of sp³-hybridized carbons (Fsp3) is 0.250. The van der Waals surface area contributed by atoms with Crippen molar-refractivity contribution in [1.82, 2.24) is 0 Å². The van der Waals surface area contributed by atoms with Crippen LogP contribution in [-0.2, 0) is 9.53 Å². The van der Waals surface area contributed by atoms with Gasteiger partial charge in [-0.15, -0.1) is 5.11 Å². The van der Waals surface area contributed by atoms with E-state index < -0.39 is 5.72 Å². The van der Waals surface area contributed by atoms with E-state index in [9.17, 15) is 4.79 Å². The van der Waals surface area contributed by atoms with Crippen LogP contribution in [0.1, 0.15) is 13.8 Å². The zero-order chi connectivity index (χ0) is 12.5. The second-order valence-corrected chi connectivity index (χ2v) is 3.92. The molecule has 1 atom stereocenters. The van der Waals surface area contributed by atoms with Gasteiger partial charge < -0.3 is 9.84 Å². The molecule has 88 valence electrons. The first-order valence-corrected chi connectivity index (χ1v) is 5.13. The normalized spacial score (nSPS) is 23.9. The Morgan fingerprint density at radius 1 is 1.29 bits per heavy atom. The van der Waals surface area contributed by atoms with Gasteiger partial charge in [-0.1, -0.05) is 0 Å². The van der Waals surface area contributed by atoms with Gasteiger partial charge in [-0.05, 0) is 31.2 Å². The summed E-state index contributed by atoms with van der Waals surface area (Å²) in [5.74, 6) is 0.459. The number of benzene rings is 1. The number of rotatable bonds is 2. The highest BCUT2D eigenvalue weighted by molar-refractivity contribution is 5.98. The van der Waals surface area contributed by atoms with Crippen LogP contribution in [0.3, 0.4) is 0 Å². The van der Waals surface area contributed by atoms with E-state index in [-0.39, 0.29) is 11.5 Å². The first kappa shape index (κ1) is 11.3. The molecular weight excluding hydrogens is 220 g/mol. The number of hydrogen-bond donors (Lipinski definition) is 1. The van der Waals surface area contributed by atoms with Crippen molar-refractivity contribution in [3.63, 3.8) is 0 Å². The quantitative estimate of drug-likeness (QED) is 0.797. The maximum atomic E-state index is 11.6. The van der Waals surface area contributed by atoms with Crippen molar-refractivity contribution in [3.05, 3.63) is 36.1 Å². The highest BCUT2D eigenvalue weighted by Crippen LogP contribution is 2.28. The first-order valence-electron chi connectivity index (χ1n) is 5.13. The van der Waals surface area contributed by atoms with Crippen LogP contribution < -0.4 is 0 Å². The number of phenolic OH excluding ortho intramolecular Hbond substituents is 1. The SMILES string of the molecule is CC1=CC(=O)C(C)(N=Nc2ccc(O)cc2)O1. The molecule has 1 aromatic carbocycles. The lowest BCUT2D eigenvalue weighted by Crippen LogP contribution is -2.29. The van der Waals surface area contributed by atoms with Crippen LogP contribution in [0, 0.1) is 0 Å². The maximum Gasteiger partial charge on any atom is 0.278 e. The predicted molar refractivity (Wildman–Crippen MR) is 60.9 cm³/mol. The van der Waals surface area contributed by atoms with Crippen molar-refractivity contribution in [2.75, 3.05) is 0 Å². The second-order valence-electron chi connectivity index (χ2n) is 3.92. The second kappa shape index (κ2) is 4.01. The third-order valence-electron chi connectivity index (χ3n) is 2.36. The minimum Gasteiger partial charge on any atom is -0.508 e. The van der Waals surface area contributed by atoms with E-state index in [0.717, 1.165) is 0 Å². The van der Waals surface area contributed by atoms with Gasteiger partial charge in [0.1, 0.15) is 11.5 Å². The van der Waals surface area contributed by atoms with Gasteiger partial charge in [0.05, 0.1) is 5.69 Å². The van der Waals surface area contributed by atoms with Crippen molar-refractivity contribution in [3.8, 4) is 5.75 Å². The van der Waals surface area contributed by atoms with Crippen molar-refractivity contribution in [1.29, 1.82) is 0 Å². The van der Waals surface area contributed by atoms with Crippen LogP contribution in [-0.4, -0.2) is 16.6 Å². The van der Waals surface area contributed by atoms with Gasteiger partial charge >= 0.3 is 0 Å². The highest BCUT2D eigenvalue weighted by Gasteiger charge is 2.39. The fourth-order valence-corrected chi connectivity index (χ4v) is 1.45. The van der Waals surface area contributed by atoms with Gasteiger partial charge in [0, 0.05) is 13.0 Å². The summed E-state index contributed by atoms with van der Waals surface area (Å²) in [5.41, 5.74) is -0.716. The molecule has 5 heteroatoms. The van der Waals surface area contributed by atoms with Crippen molar-refractivity contribution in [2.24, 2.45) is 10.2 Å². The summed E-state index contributed by atoms with van der Waals surface area (Å²) < 4.78 is 5.31.